The second-order valence-corrected chi connectivity index (χ2v) is 10.6. The van der Waals surface area contributed by atoms with Crippen LogP contribution in [0.4, 0.5) is 5.69 Å². The minimum absolute atomic E-state index is 0.0302. The zero-order chi connectivity index (χ0) is 23.7. The van der Waals surface area contributed by atoms with Gasteiger partial charge in [0, 0.05) is 61.0 Å². The standard InChI is InChI=1S/C24H24N4O4S/c1-24(2)19-13-16(27-8-10-28(11-9-27)33(30,31)32)5-7-17(19)22(29)21-18-6-4-15(14-25)12-20(18)26(3)23(21)24/h4-7,12-13H,8-11H2,1-3H3,(H,30,31,32). The molecule has 0 unspecified atom stereocenters. The van der Waals surface area contributed by atoms with E-state index in [2.05, 4.69) is 24.8 Å². The molecular formula is C24H24N4O4S. The number of hydrogen-bond donors (Lipinski definition) is 1. The van der Waals surface area contributed by atoms with Gasteiger partial charge in [-0.25, -0.2) is 0 Å². The first kappa shape index (κ1) is 21.6. The first-order valence-corrected chi connectivity index (χ1v) is 12.1. The van der Waals surface area contributed by atoms with Crippen LogP contribution in [0.15, 0.2) is 36.4 Å². The Morgan fingerprint density at radius 1 is 1.06 bits per heavy atom. The van der Waals surface area contributed by atoms with Crippen molar-refractivity contribution in [3.63, 3.8) is 0 Å². The van der Waals surface area contributed by atoms with Crippen LogP contribution in [0, 0.1) is 11.3 Å². The lowest BCUT2D eigenvalue weighted by Gasteiger charge is -2.37. The van der Waals surface area contributed by atoms with Gasteiger partial charge in [-0.3, -0.25) is 9.35 Å². The first-order chi connectivity index (χ1) is 15.5. The fourth-order valence-corrected chi connectivity index (χ4v) is 5.98. The number of fused-ring (bicyclic) bond motifs is 4. The summed E-state index contributed by atoms with van der Waals surface area (Å²) in [6, 6.07) is 13.4. The minimum Gasteiger partial charge on any atom is -0.369 e. The lowest BCUT2D eigenvalue weighted by Crippen LogP contribution is -2.48. The van der Waals surface area contributed by atoms with Crippen LogP contribution in [0.2, 0.25) is 0 Å². The predicted octanol–water partition coefficient (Wildman–Crippen LogP) is 2.85. The maximum absolute atomic E-state index is 13.6. The quantitative estimate of drug-likeness (QED) is 0.585. The van der Waals surface area contributed by atoms with Gasteiger partial charge in [-0.2, -0.15) is 18.0 Å². The van der Waals surface area contributed by atoms with Gasteiger partial charge in [-0.05, 0) is 35.9 Å². The third-order valence-electron chi connectivity index (χ3n) is 7.00. The molecule has 0 radical (unpaired) electrons. The van der Waals surface area contributed by atoms with E-state index < -0.39 is 15.7 Å². The molecule has 9 heteroatoms. The van der Waals surface area contributed by atoms with E-state index >= 15 is 0 Å². The van der Waals surface area contributed by atoms with Crippen LogP contribution in [0.25, 0.3) is 10.9 Å². The van der Waals surface area contributed by atoms with E-state index in [0.29, 0.717) is 29.8 Å². The summed E-state index contributed by atoms with van der Waals surface area (Å²) in [6.07, 6.45) is 0. The number of nitrogens with zero attached hydrogens (tertiary/aromatic N) is 4. The van der Waals surface area contributed by atoms with Gasteiger partial charge in [0.1, 0.15) is 0 Å². The van der Waals surface area contributed by atoms with Gasteiger partial charge in [0.2, 0.25) is 0 Å². The monoisotopic (exact) mass is 464 g/mol. The van der Waals surface area contributed by atoms with Gasteiger partial charge in [0.25, 0.3) is 0 Å². The summed E-state index contributed by atoms with van der Waals surface area (Å²) in [7, 11) is -2.26. The normalized spacial score (nSPS) is 18.2. The van der Waals surface area contributed by atoms with Crippen LogP contribution in [-0.2, 0) is 22.8 Å². The fourth-order valence-electron chi connectivity index (χ4n) is 5.35. The first-order valence-electron chi connectivity index (χ1n) is 10.7. The average Bonchev–Trinajstić information content (AvgIpc) is 3.10. The Balaban J connectivity index is 1.59. The highest BCUT2D eigenvalue weighted by Gasteiger charge is 2.41. The molecule has 1 aromatic heterocycles. The summed E-state index contributed by atoms with van der Waals surface area (Å²) >= 11 is 0. The molecule has 0 saturated carbocycles. The highest BCUT2D eigenvalue weighted by atomic mass is 32.2. The summed E-state index contributed by atoms with van der Waals surface area (Å²) in [5.41, 5.74) is 5.03. The molecule has 1 saturated heterocycles. The highest BCUT2D eigenvalue weighted by Crippen LogP contribution is 2.46. The van der Waals surface area contributed by atoms with Crippen molar-refractivity contribution in [3.05, 3.63) is 64.3 Å². The van der Waals surface area contributed by atoms with Gasteiger partial charge in [0.05, 0.1) is 22.7 Å². The third kappa shape index (κ3) is 3.17. The second kappa shape index (κ2) is 7.15. The van der Waals surface area contributed by atoms with Crippen molar-refractivity contribution in [2.24, 2.45) is 7.05 Å². The maximum Gasteiger partial charge on any atom is 0.336 e. The molecule has 1 fully saturated rings. The van der Waals surface area contributed by atoms with Crippen LogP contribution >= 0.6 is 0 Å². The van der Waals surface area contributed by atoms with E-state index in [-0.39, 0.29) is 18.9 Å². The molecule has 1 aliphatic carbocycles. The molecule has 0 atom stereocenters. The van der Waals surface area contributed by atoms with Crippen molar-refractivity contribution in [3.8, 4) is 6.07 Å². The molecule has 2 aliphatic rings. The number of carbonyl (C=O) groups is 1. The molecule has 1 aliphatic heterocycles. The van der Waals surface area contributed by atoms with Gasteiger partial charge < -0.3 is 9.47 Å². The summed E-state index contributed by atoms with van der Waals surface area (Å²) in [5, 5.41) is 10.2. The van der Waals surface area contributed by atoms with Crippen LogP contribution in [-0.4, -0.2) is 53.8 Å². The van der Waals surface area contributed by atoms with Crippen molar-refractivity contribution in [2.45, 2.75) is 19.3 Å². The van der Waals surface area contributed by atoms with E-state index in [1.54, 1.807) is 6.07 Å². The Hall–Kier alpha value is -3.19. The lowest BCUT2D eigenvalue weighted by atomic mass is 9.71. The van der Waals surface area contributed by atoms with E-state index in [1.807, 2.05) is 41.9 Å². The molecule has 2 aromatic carbocycles. The number of anilines is 1. The van der Waals surface area contributed by atoms with Gasteiger partial charge in [-0.1, -0.05) is 19.9 Å². The molecule has 1 N–H and O–H groups in total. The van der Waals surface area contributed by atoms with Gasteiger partial charge in [-0.15, -0.1) is 0 Å². The number of nitriles is 1. The summed E-state index contributed by atoms with van der Waals surface area (Å²) in [5.74, 6) is -0.0302. The van der Waals surface area contributed by atoms with Crippen LogP contribution < -0.4 is 4.90 Å². The number of aryl methyl sites for hydroxylation is 1. The SMILES string of the molecule is Cn1c2c(c3ccc(C#N)cc31)C(=O)c1ccc(N3CCN(S(=O)(=O)O)CC3)cc1C2(C)C. The number of rotatable bonds is 2. The number of benzene rings is 2. The molecule has 0 bridgehead atoms. The van der Waals surface area contributed by atoms with E-state index in [0.717, 1.165) is 32.2 Å². The van der Waals surface area contributed by atoms with Crippen molar-refractivity contribution in [1.29, 1.82) is 5.26 Å². The summed E-state index contributed by atoms with van der Waals surface area (Å²) in [4.78, 5) is 15.7. The Morgan fingerprint density at radius 2 is 1.76 bits per heavy atom. The zero-order valence-corrected chi connectivity index (χ0v) is 19.5. The number of carbonyl (C=O) groups excluding carboxylic acids is 1. The van der Waals surface area contributed by atoms with E-state index in [9.17, 15) is 23.0 Å². The highest BCUT2D eigenvalue weighted by molar-refractivity contribution is 7.83. The minimum atomic E-state index is -4.19. The number of piperazine rings is 1. The van der Waals surface area contributed by atoms with Crippen LogP contribution in [0.1, 0.15) is 46.6 Å². The summed E-state index contributed by atoms with van der Waals surface area (Å²) < 4.78 is 35.2. The van der Waals surface area contributed by atoms with Crippen molar-refractivity contribution in [2.75, 3.05) is 31.1 Å². The molecule has 8 nitrogen and oxygen atoms in total. The van der Waals surface area contributed by atoms with Gasteiger partial charge >= 0.3 is 10.3 Å². The number of hydrogen-bond acceptors (Lipinski definition) is 5. The smallest absolute Gasteiger partial charge is 0.336 e. The van der Waals surface area contributed by atoms with Crippen LogP contribution in [0.5, 0.6) is 0 Å². The Bertz CT molecular complexity index is 1470. The Morgan fingerprint density at radius 3 is 2.39 bits per heavy atom. The molecular weight excluding hydrogens is 440 g/mol. The van der Waals surface area contributed by atoms with Gasteiger partial charge in [0.15, 0.2) is 5.78 Å². The lowest BCUT2D eigenvalue weighted by molar-refractivity contribution is 0.103. The molecule has 0 spiro atoms. The maximum atomic E-state index is 13.6. The molecule has 2 heterocycles. The van der Waals surface area contributed by atoms with E-state index in [4.69, 9.17) is 0 Å². The predicted molar refractivity (Wildman–Crippen MR) is 125 cm³/mol. The Labute approximate surface area is 192 Å². The Kier molecular flexibility index (Phi) is 4.69. The van der Waals surface area contributed by atoms with Crippen molar-refractivity contribution >= 4 is 32.7 Å². The molecule has 33 heavy (non-hydrogen) atoms. The van der Waals surface area contributed by atoms with E-state index in [1.165, 1.54) is 0 Å². The molecule has 170 valence electrons. The number of ketones is 1. The fraction of sp³-hybridized carbons (Fsp3) is 0.333. The topological polar surface area (TPSA) is 107 Å². The third-order valence-corrected chi connectivity index (χ3v) is 8.02. The zero-order valence-electron chi connectivity index (χ0n) is 18.7. The van der Waals surface area contributed by atoms with Crippen molar-refractivity contribution < 1.29 is 17.8 Å². The van der Waals surface area contributed by atoms with Crippen LogP contribution in [0.3, 0.4) is 0 Å². The summed E-state index contributed by atoms with van der Waals surface area (Å²) in [6.45, 7) is 5.49. The van der Waals surface area contributed by atoms with Crippen molar-refractivity contribution in [1.82, 2.24) is 8.87 Å². The number of aromatic nitrogens is 1. The average molecular weight is 465 g/mol. The molecule has 3 aromatic rings. The molecule has 5 rings (SSSR count). The molecule has 0 amide bonds. The second-order valence-electron chi connectivity index (χ2n) is 9.17. The largest absolute Gasteiger partial charge is 0.369 e.